The van der Waals surface area contributed by atoms with Crippen LogP contribution in [-0.4, -0.2) is 37.2 Å². The van der Waals surface area contributed by atoms with Gasteiger partial charge in [0.05, 0.1) is 13.2 Å². The second-order valence-electron chi connectivity index (χ2n) is 5.98. The minimum Gasteiger partial charge on any atom is -0.462 e. The molecule has 1 aromatic rings. The molecule has 0 bridgehead atoms. The largest absolute Gasteiger partial charge is 0.462 e. The van der Waals surface area contributed by atoms with Gasteiger partial charge in [0.1, 0.15) is 18.1 Å². The van der Waals surface area contributed by atoms with E-state index in [1.165, 1.54) is 45.2 Å². The summed E-state index contributed by atoms with van der Waals surface area (Å²) < 4.78 is 11.5. The monoisotopic (exact) mass is 278 g/mol. The highest BCUT2D eigenvalue weighted by atomic mass is 16.5. The zero-order chi connectivity index (χ0) is 13.6. The molecule has 1 aromatic heterocycles. The lowest BCUT2D eigenvalue weighted by atomic mass is 10.1. The number of nitrogens with zero attached hydrogens (tertiary/aromatic N) is 1. The van der Waals surface area contributed by atoms with Crippen LogP contribution in [0.15, 0.2) is 16.5 Å². The first-order chi connectivity index (χ1) is 9.90. The van der Waals surface area contributed by atoms with Crippen LogP contribution in [0.5, 0.6) is 0 Å². The maximum atomic E-state index is 5.75. The fraction of sp³-hybridized carbons (Fsp3) is 0.750. The summed E-state index contributed by atoms with van der Waals surface area (Å²) in [7, 11) is 0. The first-order valence-corrected chi connectivity index (χ1v) is 8.01. The fourth-order valence-corrected chi connectivity index (χ4v) is 2.68. The lowest BCUT2D eigenvalue weighted by Crippen LogP contribution is -2.32. The van der Waals surface area contributed by atoms with Crippen molar-refractivity contribution in [1.82, 2.24) is 10.2 Å². The third-order valence-electron chi connectivity index (χ3n) is 4.10. The Labute approximate surface area is 121 Å². The molecule has 4 nitrogen and oxygen atoms in total. The molecule has 0 amide bonds. The third-order valence-corrected chi connectivity index (χ3v) is 4.10. The van der Waals surface area contributed by atoms with E-state index in [0.717, 1.165) is 37.3 Å². The van der Waals surface area contributed by atoms with Crippen molar-refractivity contribution in [3.8, 4) is 0 Å². The van der Waals surface area contributed by atoms with Gasteiger partial charge in [-0.25, -0.2) is 0 Å². The summed E-state index contributed by atoms with van der Waals surface area (Å²) in [5.41, 5.74) is 0. The van der Waals surface area contributed by atoms with Crippen LogP contribution in [-0.2, 0) is 17.9 Å². The fourth-order valence-electron chi connectivity index (χ4n) is 2.68. The SMILES string of the molecule is c1cc(COCCN2CCCCC2)oc1CNC1CC1. The van der Waals surface area contributed by atoms with E-state index in [4.69, 9.17) is 9.15 Å². The molecule has 0 spiro atoms. The number of furan rings is 1. The van der Waals surface area contributed by atoms with E-state index >= 15 is 0 Å². The second-order valence-corrected chi connectivity index (χ2v) is 5.98. The maximum Gasteiger partial charge on any atom is 0.129 e. The van der Waals surface area contributed by atoms with Gasteiger partial charge in [-0.1, -0.05) is 6.42 Å². The molecule has 112 valence electrons. The van der Waals surface area contributed by atoms with Crippen LogP contribution in [0.25, 0.3) is 0 Å². The standard InChI is InChI=1S/C16H26N2O2/c1-2-8-18(9-3-1)10-11-19-13-16-7-6-15(20-16)12-17-14-4-5-14/h6-7,14,17H,1-5,8-13H2. The molecule has 2 fully saturated rings. The van der Waals surface area contributed by atoms with Gasteiger partial charge in [0.2, 0.25) is 0 Å². The van der Waals surface area contributed by atoms with Gasteiger partial charge >= 0.3 is 0 Å². The van der Waals surface area contributed by atoms with E-state index in [2.05, 4.69) is 16.3 Å². The highest BCUT2D eigenvalue weighted by Gasteiger charge is 2.20. The van der Waals surface area contributed by atoms with Crippen molar-refractivity contribution in [2.24, 2.45) is 0 Å². The molecule has 0 atom stereocenters. The van der Waals surface area contributed by atoms with Gasteiger partial charge in [-0.15, -0.1) is 0 Å². The van der Waals surface area contributed by atoms with Crippen LogP contribution in [0.2, 0.25) is 0 Å². The molecule has 0 aromatic carbocycles. The summed E-state index contributed by atoms with van der Waals surface area (Å²) in [6.45, 7) is 5.77. The molecular formula is C16H26N2O2. The van der Waals surface area contributed by atoms with Gasteiger partial charge in [0.15, 0.2) is 0 Å². The number of piperidine rings is 1. The van der Waals surface area contributed by atoms with E-state index in [0.29, 0.717) is 6.61 Å². The molecule has 3 rings (SSSR count). The number of hydrogen-bond acceptors (Lipinski definition) is 4. The average molecular weight is 278 g/mol. The van der Waals surface area contributed by atoms with Crippen LogP contribution in [0.4, 0.5) is 0 Å². The molecule has 2 aliphatic rings. The highest BCUT2D eigenvalue weighted by molar-refractivity contribution is 5.06. The van der Waals surface area contributed by atoms with Crippen LogP contribution in [0.1, 0.15) is 43.6 Å². The Bertz CT molecular complexity index is 395. The number of ether oxygens (including phenoxy) is 1. The average Bonchev–Trinajstić information content (AvgIpc) is 3.21. The van der Waals surface area contributed by atoms with Crippen molar-refractivity contribution in [2.45, 2.75) is 51.3 Å². The molecule has 4 heteroatoms. The molecule has 1 saturated carbocycles. The Morgan fingerprint density at radius 3 is 2.75 bits per heavy atom. The number of rotatable bonds is 8. The Hall–Kier alpha value is -0.840. The lowest BCUT2D eigenvalue weighted by molar-refractivity contribution is 0.0758. The highest BCUT2D eigenvalue weighted by Crippen LogP contribution is 2.19. The van der Waals surface area contributed by atoms with Crippen molar-refractivity contribution in [3.63, 3.8) is 0 Å². The smallest absolute Gasteiger partial charge is 0.129 e. The summed E-state index contributed by atoms with van der Waals surface area (Å²) in [6, 6.07) is 4.81. The second kappa shape index (κ2) is 7.25. The minimum atomic E-state index is 0.595. The van der Waals surface area contributed by atoms with Crippen molar-refractivity contribution in [1.29, 1.82) is 0 Å². The Morgan fingerprint density at radius 1 is 1.15 bits per heavy atom. The van der Waals surface area contributed by atoms with Crippen LogP contribution in [0.3, 0.4) is 0 Å². The lowest BCUT2D eigenvalue weighted by Gasteiger charge is -2.25. The Kier molecular flexibility index (Phi) is 5.12. The molecule has 0 unspecified atom stereocenters. The van der Waals surface area contributed by atoms with Gasteiger partial charge < -0.3 is 19.4 Å². The van der Waals surface area contributed by atoms with Crippen molar-refractivity contribution in [3.05, 3.63) is 23.7 Å². The van der Waals surface area contributed by atoms with Crippen LogP contribution >= 0.6 is 0 Å². The zero-order valence-electron chi connectivity index (χ0n) is 12.3. The quantitative estimate of drug-likeness (QED) is 0.742. The van der Waals surface area contributed by atoms with E-state index in [-0.39, 0.29) is 0 Å². The summed E-state index contributed by atoms with van der Waals surface area (Å²) in [5.74, 6) is 1.96. The first kappa shape index (κ1) is 14.1. The third kappa shape index (κ3) is 4.62. The summed E-state index contributed by atoms with van der Waals surface area (Å²) >= 11 is 0. The van der Waals surface area contributed by atoms with Gasteiger partial charge in [-0.3, -0.25) is 0 Å². The van der Waals surface area contributed by atoms with Gasteiger partial charge in [-0.2, -0.15) is 0 Å². The molecular weight excluding hydrogens is 252 g/mol. The number of nitrogens with one attached hydrogen (secondary N) is 1. The van der Waals surface area contributed by atoms with E-state index in [1.807, 2.05) is 6.07 Å². The maximum absolute atomic E-state index is 5.75. The van der Waals surface area contributed by atoms with Crippen LogP contribution in [0, 0.1) is 0 Å². The number of likely N-dealkylation sites (tertiary alicyclic amines) is 1. The predicted molar refractivity (Wildman–Crippen MR) is 78.5 cm³/mol. The van der Waals surface area contributed by atoms with Crippen molar-refractivity contribution < 1.29 is 9.15 Å². The molecule has 1 aliphatic carbocycles. The van der Waals surface area contributed by atoms with Crippen molar-refractivity contribution >= 4 is 0 Å². The van der Waals surface area contributed by atoms with Gasteiger partial charge in [0.25, 0.3) is 0 Å². The van der Waals surface area contributed by atoms with E-state index in [9.17, 15) is 0 Å². The topological polar surface area (TPSA) is 37.6 Å². The van der Waals surface area contributed by atoms with E-state index < -0.39 is 0 Å². The van der Waals surface area contributed by atoms with Gasteiger partial charge in [-0.05, 0) is 50.9 Å². The first-order valence-electron chi connectivity index (χ1n) is 8.01. The van der Waals surface area contributed by atoms with E-state index in [1.54, 1.807) is 0 Å². The van der Waals surface area contributed by atoms with Gasteiger partial charge in [0, 0.05) is 12.6 Å². The van der Waals surface area contributed by atoms with Crippen molar-refractivity contribution in [2.75, 3.05) is 26.2 Å². The molecule has 2 heterocycles. The molecule has 1 saturated heterocycles. The number of hydrogen-bond donors (Lipinski definition) is 1. The molecule has 0 radical (unpaired) electrons. The molecule has 1 N–H and O–H groups in total. The summed E-state index contributed by atoms with van der Waals surface area (Å²) in [6.07, 6.45) is 6.70. The summed E-state index contributed by atoms with van der Waals surface area (Å²) in [4.78, 5) is 2.50. The summed E-state index contributed by atoms with van der Waals surface area (Å²) in [5, 5.41) is 3.46. The normalized spacial score (nSPS) is 20.4. The van der Waals surface area contributed by atoms with Crippen LogP contribution < -0.4 is 5.32 Å². The predicted octanol–water partition coefficient (Wildman–Crippen LogP) is 2.53. The molecule has 1 aliphatic heterocycles. The Morgan fingerprint density at radius 2 is 1.95 bits per heavy atom. The minimum absolute atomic E-state index is 0.595. The molecule has 20 heavy (non-hydrogen) atoms. The zero-order valence-corrected chi connectivity index (χ0v) is 12.3. The Balaban J connectivity index is 1.29.